The van der Waals surface area contributed by atoms with Gasteiger partial charge >= 0.3 is 6.18 Å². The molecule has 2 aromatic heterocycles. The van der Waals surface area contributed by atoms with Crippen molar-refractivity contribution < 1.29 is 22.7 Å². The zero-order chi connectivity index (χ0) is 24.0. The predicted molar refractivity (Wildman–Crippen MR) is 114 cm³/mol. The minimum Gasteiger partial charge on any atom is -0.379 e. The lowest BCUT2D eigenvalue weighted by Gasteiger charge is -2.34. The first-order valence-electron chi connectivity index (χ1n) is 10.5. The van der Waals surface area contributed by atoms with Crippen molar-refractivity contribution in [1.82, 2.24) is 25.1 Å². The molecule has 0 saturated carbocycles. The standard InChI is InChI=1S/C20H26F3N7O3/c1-13-9-24-19(25-10-13)30-6-4-29(5-7-30)16(31)3-8-33-12-14(2)27-15-11-26-28-18(32)17(15)20(21,22)23/h9-11,14H,3-8,12H2,1-2H3,(H2,27,28,32)/t14-/m0/s1. The molecule has 2 aromatic rings. The Kier molecular flexibility index (Phi) is 7.84. The van der Waals surface area contributed by atoms with E-state index < -0.39 is 29.0 Å². The lowest BCUT2D eigenvalue weighted by molar-refractivity contribution is -0.138. The Balaban J connectivity index is 1.39. The van der Waals surface area contributed by atoms with E-state index in [2.05, 4.69) is 20.4 Å². The van der Waals surface area contributed by atoms with Gasteiger partial charge in [0.25, 0.3) is 5.56 Å². The van der Waals surface area contributed by atoms with Crippen LogP contribution in [0.15, 0.2) is 23.4 Å². The topological polar surface area (TPSA) is 116 Å². The molecule has 10 nitrogen and oxygen atoms in total. The van der Waals surface area contributed by atoms with Gasteiger partial charge in [-0.15, -0.1) is 0 Å². The second kappa shape index (κ2) is 10.6. The van der Waals surface area contributed by atoms with Gasteiger partial charge in [0.2, 0.25) is 11.9 Å². The van der Waals surface area contributed by atoms with Crippen molar-refractivity contribution in [2.75, 3.05) is 49.6 Å². The number of amides is 1. The fraction of sp³-hybridized carbons (Fsp3) is 0.550. The zero-order valence-electron chi connectivity index (χ0n) is 18.4. The molecule has 0 aromatic carbocycles. The Hall–Kier alpha value is -3.22. The van der Waals surface area contributed by atoms with Crippen LogP contribution in [0.3, 0.4) is 0 Å². The maximum atomic E-state index is 13.1. The van der Waals surface area contributed by atoms with Crippen LogP contribution in [0.25, 0.3) is 0 Å². The van der Waals surface area contributed by atoms with Crippen molar-refractivity contribution in [2.24, 2.45) is 0 Å². The van der Waals surface area contributed by atoms with Gasteiger partial charge < -0.3 is 19.9 Å². The fourth-order valence-electron chi connectivity index (χ4n) is 3.38. The van der Waals surface area contributed by atoms with E-state index in [9.17, 15) is 22.8 Å². The molecule has 0 unspecified atom stereocenters. The van der Waals surface area contributed by atoms with Crippen LogP contribution in [0.4, 0.5) is 24.8 Å². The highest BCUT2D eigenvalue weighted by molar-refractivity contribution is 5.76. The van der Waals surface area contributed by atoms with Crippen LogP contribution in [-0.2, 0) is 15.7 Å². The summed E-state index contributed by atoms with van der Waals surface area (Å²) in [5.41, 5.74) is -2.10. The van der Waals surface area contributed by atoms with Crippen LogP contribution in [-0.4, -0.2) is 76.4 Å². The Morgan fingerprint density at radius 1 is 1.21 bits per heavy atom. The van der Waals surface area contributed by atoms with Crippen molar-refractivity contribution in [2.45, 2.75) is 32.5 Å². The first-order chi connectivity index (χ1) is 15.6. The average Bonchev–Trinajstić information content (AvgIpc) is 2.76. The van der Waals surface area contributed by atoms with Gasteiger partial charge in [-0.1, -0.05) is 0 Å². The quantitative estimate of drug-likeness (QED) is 0.558. The Morgan fingerprint density at radius 3 is 2.52 bits per heavy atom. The summed E-state index contributed by atoms with van der Waals surface area (Å²) in [6.45, 7) is 6.05. The zero-order valence-corrected chi connectivity index (χ0v) is 18.4. The maximum absolute atomic E-state index is 13.1. The number of anilines is 2. The maximum Gasteiger partial charge on any atom is 0.423 e. The summed E-state index contributed by atoms with van der Waals surface area (Å²) in [4.78, 5) is 36.3. The van der Waals surface area contributed by atoms with Crippen molar-refractivity contribution in [3.05, 3.63) is 40.1 Å². The first kappa shape index (κ1) is 24.4. The van der Waals surface area contributed by atoms with Gasteiger partial charge in [-0.25, -0.2) is 15.1 Å². The molecule has 1 aliphatic rings. The number of carbonyl (C=O) groups excluding carboxylic acids is 1. The summed E-state index contributed by atoms with van der Waals surface area (Å²) < 4.78 is 44.8. The van der Waals surface area contributed by atoms with E-state index in [1.807, 2.05) is 11.8 Å². The number of rotatable bonds is 8. The van der Waals surface area contributed by atoms with Crippen LogP contribution in [0.1, 0.15) is 24.5 Å². The van der Waals surface area contributed by atoms with Crippen molar-refractivity contribution in [1.29, 1.82) is 0 Å². The van der Waals surface area contributed by atoms with E-state index in [4.69, 9.17) is 4.74 Å². The number of nitrogens with zero attached hydrogens (tertiary/aromatic N) is 5. The molecular weight excluding hydrogens is 443 g/mol. The Bertz CT molecular complexity index is 990. The smallest absolute Gasteiger partial charge is 0.379 e. The number of carbonyl (C=O) groups is 1. The largest absolute Gasteiger partial charge is 0.423 e. The number of aromatic nitrogens is 4. The second-order valence-electron chi connectivity index (χ2n) is 7.78. The SMILES string of the molecule is Cc1cnc(N2CCN(C(=O)CCOC[C@H](C)Nc3cn[nH]c(=O)c3C(F)(F)F)CC2)nc1. The fourth-order valence-corrected chi connectivity index (χ4v) is 3.38. The van der Waals surface area contributed by atoms with Gasteiger partial charge in [0.15, 0.2) is 0 Å². The molecule has 0 aliphatic carbocycles. The van der Waals surface area contributed by atoms with E-state index in [0.717, 1.165) is 11.8 Å². The third-order valence-electron chi connectivity index (χ3n) is 5.05. The molecule has 3 rings (SSSR count). The number of hydrogen-bond acceptors (Lipinski definition) is 8. The van der Waals surface area contributed by atoms with E-state index in [1.165, 1.54) is 0 Å². The lowest BCUT2D eigenvalue weighted by Crippen LogP contribution is -2.49. The molecule has 0 radical (unpaired) electrons. The highest BCUT2D eigenvalue weighted by atomic mass is 19.4. The molecule has 1 atom stereocenters. The summed E-state index contributed by atoms with van der Waals surface area (Å²) in [6, 6.07) is -0.539. The minimum atomic E-state index is -4.82. The molecule has 2 N–H and O–H groups in total. The monoisotopic (exact) mass is 469 g/mol. The molecule has 13 heteroatoms. The summed E-state index contributed by atoms with van der Waals surface area (Å²) in [5, 5.41) is 7.78. The van der Waals surface area contributed by atoms with E-state index in [-0.39, 0.29) is 25.5 Å². The van der Waals surface area contributed by atoms with Gasteiger partial charge in [0.1, 0.15) is 5.56 Å². The number of hydrogen-bond donors (Lipinski definition) is 2. The summed E-state index contributed by atoms with van der Waals surface area (Å²) in [6.07, 6.45) is -0.242. The molecule has 0 spiro atoms. The number of halogens is 3. The molecule has 3 heterocycles. The number of alkyl halides is 3. The normalized spacial score (nSPS) is 15.4. The van der Waals surface area contributed by atoms with Gasteiger partial charge in [-0.2, -0.15) is 18.3 Å². The minimum absolute atomic E-state index is 0.0515. The third kappa shape index (κ3) is 6.63. The van der Waals surface area contributed by atoms with Crippen LogP contribution in [0.5, 0.6) is 0 Å². The van der Waals surface area contributed by atoms with Crippen LogP contribution in [0.2, 0.25) is 0 Å². The van der Waals surface area contributed by atoms with Crippen molar-refractivity contribution in [3.8, 4) is 0 Å². The van der Waals surface area contributed by atoms with E-state index in [1.54, 1.807) is 29.3 Å². The number of aryl methyl sites for hydroxylation is 1. The molecular formula is C20H26F3N7O3. The number of ether oxygens (including phenoxy) is 1. The Labute approximate surface area is 188 Å². The molecule has 1 saturated heterocycles. The van der Waals surface area contributed by atoms with Crippen molar-refractivity contribution in [3.63, 3.8) is 0 Å². The highest BCUT2D eigenvalue weighted by Gasteiger charge is 2.37. The number of nitrogens with one attached hydrogen (secondary N) is 2. The average molecular weight is 469 g/mol. The summed E-state index contributed by atoms with van der Waals surface area (Å²) in [5.74, 6) is 0.583. The van der Waals surface area contributed by atoms with Crippen molar-refractivity contribution >= 4 is 17.5 Å². The van der Waals surface area contributed by atoms with Crippen LogP contribution in [0, 0.1) is 6.92 Å². The summed E-state index contributed by atoms with van der Waals surface area (Å²) >= 11 is 0. The van der Waals surface area contributed by atoms with Crippen LogP contribution >= 0.6 is 0 Å². The third-order valence-corrected chi connectivity index (χ3v) is 5.05. The number of H-pyrrole nitrogens is 1. The summed E-state index contributed by atoms with van der Waals surface area (Å²) in [7, 11) is 0. The van der Waals surface area contributed by atoms with Gasteiger partial charge in [0.05, 0.1) is 31.5 Å². The van der Waals surface area contributed by atoms with E-state index >= 15 is 0 Å². The molecule has 1 amide bonds. The molecule has 1 aliphatic heterocycles. The molecule has 1 fully saturated rings. The number of aromatic amines is 1. The van der Waals surface area contributed by atoms with E-state index in [0.29, 0.717) is 32.1 Å². The van der Waals surface area contributed by atoms with Gasteiger partial charge in [0, 0.05) is 44.6 Å². The number of piperazine rings is 1. The Morgan fingerprint density at radius 2 is 1.88 bits per heavy atom. The lowest BCUT2D eigenvalue weighted by atomic mass is 10.2. The first-order valence-corrected chi connectivity index (χ1v) is 10.5. The van der Waals surface area contributed by atoms with Gasteiger partial charge in [-0.05, 0) is 19.4 Å². The molecule has 180 valence electrons. The van der Waals surface area contributed by atoms with Gasteiger partial charge in [-0.3, -0.25) is 9.59 Å². The predicted octanol–water partition coefficient (Wildman–Crippen LogP) is 1.44. The highest BCUT2D eigenvalue weighted by Crippen LogP contribution is 2.31. The second-order valence-corrected chi connectivity index (χ2v) is 7.78. The molecule has 0 bridgehead atoms. The van der Waals surface area contributed by atoms with Crippen LogP contribution < -0.4 is 15.8 Å². The molecule has 33 heavy (non-hydrogen) atoms.